The van der Waals surface area contributed by atoms with Gasteiger partial charge in [-0.1, -0.05) is 6.07 Å². The third-order valence-electron chi connectivity index (χ3n) is 4.85. The van der Waals surface area contributed by atoms with E-state index in [1.807, 2.05) is 33.8 Å². The Labute approximate surface area is 145 Å². The smallest absolute Gasteiger partial charge is 0.243 e. The van der Waals surface area contributed by atoms with Crippen LogP contribution in [-0.2, 0) is 14.8 Å². The van der Waals surface area contributed by atoms with Crippen molar-refractivity contribution >= 4 is 10.0 Å². The van der Waals surface area contributed by atoms with Gasteiger partial charge in [-0.25, -0.2) is 8.42 Å². The standard InChI is InChI=1S/C18H26N2O3S/c1-13-10-14(2)16(4)18(15(13)3)24(21,22)20(8-5-7-19)11-17-6-9-23-12-17/h10,17H,5-6,8-9,11-12H2,1-4H3. The predicted molar refractivity (Wildman–Crippen MR) is 93.3 cm³/mol. The molecule has 1 fully saturated rings. The minimum Gasteiger partial charge on any atom is -0.381 e. The third kappa shape index (κ3) is 3.80. The number of rotatable bonds is 6. The summed E-state index contributed by atoms with van der Waals surface area (Å²) < 4.78 is 33.6. The van der Waals surface area contributed by atoms with Crippen LogP contribution in [0.4, 0.5) is 0 Å². The molecule has 0 amide bonds. The summed E-state index contributed by atoms with van der Waals surface area (Å²) in [6.07, 6.45) is 1.05. The number of aryl methyl sites for hydroxylation is 2. The summed E-state index contributed by atoms with van der Waals surface area (Å²) in [5.74, 6) is 0.199. The number of sulfonamides is 1. The van der Waals surface area contributed by atoms with E-state index in [9.17, 15) is 8.42 Å². The zero-order valence-corrected chi connectivity index (χ0v) is 15.7. The molecular formula is C18H26N2O3S. The first-order valence-corrected chi connectivity index (χ1v) is 9.75. The molecule has 6 heteroatoms. The zero-order chi connectivity index (χ0) is 17.9. The Kier molecular flexibility index (Phi) is 6.02. The maximum absolute atomic E-state index is 13.3. The van der Waals surface area contributed by atoms with Crippen molar-refractivity contribution in [1.82, 2.24) is 4.31 Å². The maximum Gasteiger partial charge on any atom is 0.243 e. The van der Waals surface area contributed by atoms with Gasteiger partial charge in [0.1, 0.15) is 0 Å². The molecular weight excluding hydrogens is 324 g/mol. The van der Waals surface area contributed by atoms with E-state index in [4.69, 9.17) is 10.00 Å². The first-order valence-electron chi connectivity index (χ1n) is 8.31. The summed E-state index contributed by atoms with van der Waals surface area (Å²) >= 11 is 0. The van der Waals surface area contributed by atoms with E-state index in [0.717, 1.165) is 28.7 Å². The van der Waals surface area contributed by atoms with Gasteiger partial charge in [0.2, 0.25) is 10.0 Å². The molecule has 132 valence electrons. The van der Waals surface area contributed by atoms with Gasteiger partial charge in [-0.15, -0.1) is 0 Å². The first-order chi connectivity index (χ1) is 11.3. The lowest BCUT2D eigenvalue weighted by Gasteiger charge is -2.26. The molecule has 0 aliphatic carbocycles. The zero-order valence-electron chi connectivity index (χ0n) is 14.9. The van der Waals surface area contributed by atoms with Gasteiger partial charge >= 0.3 is 0 Å². The normalized spacial score (nSPS) is 18.1. The lowest BCUT2D eigenvalue weighted by Crippen LogP contribution is -2.37. The van der Waals surface area contributed by atoms with Crippen molar-refractivity contribution in [2.45, 2.75) is 45.4 Å². The van der Waals surface area contributed by atoms with Crippen molar-refractivity contribution in [1.29, 1.82) is 5.26 Å². The summed E-state index contributed by atoms with van der Waals surface area (Å²) in [6.45, 7) is 9.49. The van der Waals surface area contributed by atoms with E-state index in [2.05, 4.69) is 6.07 Å². The third-order valence-corrected chi connectivity index (χ3v) is 6.99. The van der Waals surface area contributed by atoms with Gasteiger partial charge < -0.3 is 4.74 Å². The SMILES string of the molecule is Cc1cc(C)c(C)c(S(=O)(=O)N(CCC#N)CC2CCOC2)c1C. The molecule has 24 heavy (non-hydrogen) atoms. The molecule has 0 aromatic heterocycles. The summed E-state index contributed by atoms with van der Waals surface area (Å²) in [7, 11) is -3.64. The average Bonchev–Trinajstić information content (AvgIpc) is 3.02. The highest BCUT2D eigenvalue weighted by Gasteiger charge is 2.31. The summed E-state index contributed by atoms with van der Waals surface area (Å²) in [6, 6.07) is 4.08. The van der Waals surface area contributed by atoms with Crippen LogP contribution in [-0.4, -0.2) is 39.0 Å². The molecule has 1 unspecified atom stereocenters. The molecule has 2 rings (SSSR count). The fraction of sp³-hybridized carbons (Fsp3) is 0.611. The van der Waals surface area contributed by atoms with Gasteiger partial charge in [0.25, 0.3) is 0 Å². The summed E-state index contributed by atoms with van der Waals surface area (Å²) in [5, 5.41) is 8.91. The number of benzene rings is 1. The molecule has 1 saturated heterocycles. The molecule has 1 aliphatic rings. The molecule has 0 bridgehead atoms. The van der Waals surface area contributed by atoms with E-state index in [-0.39, 0.29) is 18.9 Å². The van der Waals surface area contributed by atoms with Crippen LogP contribution in [0.3, 0.4) is 0 Å². The van der Waals surface area contributed by atoms with Crippen molar-refractivity contribution < 1.29 is 13.2 Å². The molecule has 1 aromatic carbocycles. The van der Waals surface area contributed by atoms with Crippen LogP contribution >= 0.6 is 0 Å². The van der Waals surface area contributed by atoms with Crippen LogP contribution in [0.1, 0.15) is 35.1 Å². The van der Waals surface area contributed by atoms with Gasteiger partial charge in [-0.05, 0) is 62.3 Å². The van der Waals surface area contributed by atoms with Gasteiger partial charge in [0.15, 0.2) is 0 Å². The Morgan fingerprint density at radius 3 is 2.38 bits per heavy atom. The summed E-state index contributed by atoms with van der Waals surface area (Å²) in [5.41, 5.74) is 3.53. The quantitative estimate of drug-likeness (QED) is 0.791. The molecule has 5 nitrogen and oxygen atoms in total. The molecule has 0 spiro atoms. The minimum absolute atomic E-state index is 0.190. The molecule has 1 aromatic rings. The van der Waals surface area contributed by atoms with Crippen LogP contribution in [0.25, 0.3) is 0 Å². The Balaban J connectivity index is 2.45. The second-order valence-electron chi connectivity index (χ2n) is 6.59. The topological polar surface area (TPSA) is 70.4 Å². The number of nitrogens with zero attached hydrogens (tertiary/aromatic N) is 2. The maximum atomic E-state index is 13.3. The van der Waals surface area contributed by atoms with Crippen LogP contribution < -0.4 is 0 Å². The Hall–Kier alpha value is -1.42. The van der Waals surface area contributed by atoms with Crippen molar-refractivity contribution in [2.75, 3.05) is 26.3 Å². The van der Waals surface area contributed by atoms with E-state index < -0.39 is 10.0 Å². The largest absolute Gasteiger partial charge is 0.381 e. The minimum atomic E-state index is -3.64. The fourth-order valence-electron chi connectivity index (χ4n) is 3.20. The molecule has 0 saturated carbocycles. The van der Waals surface area contributed by atoms with Crippen LogP contribution in [0.5, 0.6) is 0 Å². The lowest BCUT2D eigenvalue weighted by molar-refractivity contribution is 0.180. The van der Waals surface area contributed by atoms with Crippen LogP contribution in [0.15, 0.2) is 11.0 Å². The van der Waals surface area contributed by atoms with E-state index in [0.29, 0.717) is 24.7 Å². The van der Waals surface area contributed by atoms with Crippen molar-refractivity contribution in [3.05, 3.63) is 28.3 Å². The van der Waals surface area contributed by atoms with Crippen LogP contribution in [0, 0.1) is 44.9 Å². The average molecular weight is 350 g/mol. The predicted octanol–water partition coefficient (Wildman–Crippen LogP) is 2.86. The second kappa shape index (κ2) is 7.64. The van der Waals surface area contributed by atoms with E-state index in [1.165, 1.54) is 4.31 Å². The van der Waals surface area contributed by atoms with Crippen LogP contribution in [0.2, 0.25) is 0 Å². The highest BCUT2D eigenvalue weighted by Crippen LogP contribution is 2.30. The number of ether oxygens (including phenoxy) is 1. The van der Waals surface area contributed by atoms with Crippen molar-refractivity contribution in [2.24, 2.45) is 5.92 Å². The fourth-order valence-corrected chi connectivity index (χ4v) is 5.29. The highest BCUT2D eigenvalue weighted by molar-refractivity contribution is 7.89. The number of hydrogen-bond acceptors (Lipinski definition) is 4. The molecule has 1 aliphatic heterocycles. The summed E-state index contributed by atoms with van der Waals surface area (Å²) in [4.78, 5) is 0.400. The van der Waals surface area contributed by atoms with Crippen molar-refractivity contribution in [3.8, 4) is 6.07 Å². The second-order valence-corrected chi connectivity index (χ2v) is 8.47. The van der Waals surface area contributed by atoms with E-state index >= 15 is 0 Å². The lowest BCUT2D eigenvalue weighted by atomic mass is 10.0. The van der Waals surface area contributed by atoms with Gasteiger partial charge in [-0.3, -0.25) is 0 Å². The highest BCUT2D eigenvalue weighted by atomic mass is 32.2. The van der Waals surface area contributed by atoms with Gasteiger partial charge in [0, 0.05) is 26.1 Å². The van der Waals surface area contributed by atoms with Crippen molar-refractivity contribution in [3.63, 3.8) is 0 Å². The molecule has 1 atom stereocenters. The number of nitriles is 1. The van der Waals surface area contributed by atoms with Gasteiger partial charge in [0.05, 0.1) is 17.6 Å². The first kappa shape index (κ1) is 18.9. The Morgan fingerprint density at radius 2 is 1.88 bits per heavy atom. The number of hydrogen-bond donors (Lipinski definition) is 0. The monoisotopic (exact) mass is 350 g/mol. The Morgan fingerprint density at radius 1 is 1.25 bits per heavy atom. The molecule has 0 N–H and O–H groups in total. The van der Waals surface area contributed by atoms with E-state index in [1.54, 1.807) is 0 Å². The Bertz CT molecular complexity index is 718. The molecule has 0 radical (unpaired) electrons. The molecule has 1 heterocycles. The van der Waals surface area contributed by atoms with Gasteiger partial charge in [-0.2, -0.15) is 9.57 Å².